The summed E-state index contributed by atoms with van der Waals surface area (Å²) in [5.41, 5.74) is 5.40. The molecule has 3 N–H and O–H groups in total. The standard InChI is InChI=1S/C11H14N4O2S/c12-7-9-10(3-1-6-14-9)18(16,17)15-8-11(13)4-2-5-11/h1,3,6,15H,2,4-5,8,13H2. The predicted molar refractivity (Wildman–Crippen MR) is 64.9 cm³/mol. The first-order chi connectivity index (χ1) is 8.47. The third kappa shape index (κ3) is 2.51. The number of nitrogens with one attached hydrogen (secondary N) is 1. The fraction of sp³-hybridized carbons (Fsp3) is 0.455. The Morgan fingerprint density at radius 2 is 2.28 bits per heavy atom. The quantitative estimate of drug-likeness (QED) is 0.804. The Hall–Kier alpha value is -1.49. The molecule has 1 aliphatic carbocycles. The minimum atomic E-state index is -3.73. The maximum absolute atomic E-state index is 12.0. The minimum absolute atomic E-state index is 0.101. The summed E-state index contributed by atoms with van der Waals surface area (Å²) in [4.78, 5) is 3.63. The molecule has 1 aromatic heterocycles. The Bertz CT molecular complexity index is 587. The van der Waals surface area contributed by atoms with Crippen molar-refractivity contribution in [3.63, 3.8) is 0 Å². The van der Waals surface area contributed by atoms with Gasteiger partial charge in [-0.2, -0.15) is 5.26 Å². The lowest BCUT2D eigenvalue weighted by molar-refractivity contribution is 0.251. The molecule has 1 saturated carbocycles. The number of nitriles is 1. The van der Waals surface area contributed by atoms with Gasteiger partial charge in [-0.1, -0.05) is 0 Å². The summed E-state index contributed by atoms with van der Waals surface area (Å²) in [5, 5.41) is 8.84. The van der Waals surface area contributed by atoms with Crippen LogP contribution in [0.25, 0.3) is 0 Å². The molecule has 0 amide bonds. The molecule has 0 bridgehead atoms. The van der Waals surface area contributed by atoms with Crippen LogP contribution in [0.1, 0.15) is 25.0 Å². The molecule has 18 heavy (non-hydrogen) atoms. The lowest BCUT2D eigenvalue weighted by Gasteiger charge is -2.37. The zero-order valence-corrected chi connectivity index (χ0v) is 10.6. The van der Waals surface area contributed by atoms with Crippen molar-refractivity contribution in [2.45, 2.75) is 29.7 Å². The fourth-order valence-corrected chi connectivity index (χ4v) is 3.06. The van der Waals surface area contributed by atoms with E-state index in [9.17, 15) is 8.42 Å². The summed E-state index contributed by atoms with van der Waals surface area (Å²) in [6.45, 7) is 0.190. The molecule has 7 heteroatoms. The van der Waals surface area contributed by atoms with Gasteiger partial charge in [0.05, 0.1) is 0 Å². The van der Waals surface area contributed by atoms with Gasteiger partial charge in [0.1, 0.15) is 11.0 Å². The molecule has 1 aromatic rings. The Morgan fingerprint density at radius 3 is 2.83 bits per heavy atom. The van der Waals surface area contributed by atoms with Gasteiger partial charge in [0.15, 0.2) is 5.69 Å². The van der Waals surface area contributed by atoms with Gasteiger partial charge in [0.2, 0.25) is 10.0 Å². The molecule has 1 heterocycles. The zero-order chi connectivity index (χ0) is 13.2. The molecule has 2 rings (SSSR count). The van der Waals surface area contributed by atoms with Crippen molar-refractivity contribution in [1.82, 2.24) is 9.71 Å². The summed E-state index contributed by atoms with van der Waals surface area (Å²) < 4.78 is 26.5. The van der Waals surface area contributed by atoms with E-state index in [0.29, 0.717) is 0 Å². The predicted octanol–water partition coefficient (Wildman–Crippen LogP) is 0.113. The first-order valence-corrected chi connectivity index (χ1v) is 7.09. The van der Waals surface area contributed by atoms with E-state index in [1.165, 1.54) is 18.3 Å². The van der Waals surface area contributed by atoms with Crippen molar-refractivity contribution >= 4 is 10.0 Å². The van der Waals surface area contributed by atoms with Crippen molar-refractivity contribution in [3.05, 3.63) is 24.0 Å². The van der Waals surface area contributed by atoms with Gasteiger partial charge in [-0.05, 0) is 31.4 Å². The molecule has 1 aliphatic rings. The topological polar surface area (TPSA) is 109 Å². The molecule has 0 radical (unpaired) electrons. The Labute approximate surface area is 106 Å². The van der Waals surface area contributed by atoms with Crippen LogP contribution in [-0.4, -0.2) is 25.5 Å². The number of hydrogen-bond donors (Lipinski definition) is 2. The number of nitrogens with zero attached hydrogens (tertiary/aromatic N) is 2. The normalized spacial score (nSPS) is 17.8. The molecule has 0 atom stereocenters. The van der Waals surface area contributed by atoms with Crippen LogP contribution >= 0.6 is 0 Å². The monoisotopic (exact) mass is 266 g/mol. The number of sulfonamides is 1. The summed E-state index contributed by atoms with van der Waals surface area (Å²) in [6.07, 6.45) is 4.03. The highest BCUT2D eigenvalue weighted by Crippen LogP contribution is 2.28. The van der Waals surface area contributed by atoms with E-state index in [0.717, 1.165) is 19.3 Å². The van der Waals surface area contributed by atoms with E-state index in [2.05, 4.69) is 9.71 Å². The summed E-state index contributed by atoms with van der Waals surface area (Å²) in [5.74, 6) is 0. The third-order valence-electron chi connectivity index (χ3n) is 3.13. The second kappa shape index (κ2) is 4.65. The van der Waals surface area contributed by atoms with Crippen LogP contribution in [0.4, 0.5) is 0 Å². The number of pyridine rings is 1. The molecule has 0 saturated heterocycles. The Kier molecular flexibility index (Phi) is 3.34. The number of rotatable bonds is 4. The number of hydrogen-bond acceptors (Lipinski definition) is 5. The van der Waals surface area contributed by atoms with Crippen molar-refractivity contribution in [3.8, 4) is 6.07 Å². The highest BCUT2D eigenvalue weighted by Gasteiger charge is 2.34. The highest BCUT2D eigenvalue weighted by molar-refractivity contribution is 7.89. The first-order valence-electron chi connectivity index (χ1n) is 5.61. The van der Waals surface area contributed by atoms with Gasteiger partial charge in [-0.15, -0.1) is 0 Å². The van der Waals surface area contributed by atoms with E-state index in [4.69, 9.17) is 11.0 Å². The van der Waals surface area contributed by atoms with Gasteiger partial charge < -0.3 is 5.73 Å². The van der Waals surface area contributed by atoms with Crippen LogP contribution in [0, 0.1) is 11.3 Å². The molecule has 0 spiro atoms. The summed E-state index contributed by atoms with van der Waals surface area (Å²) >= 11 is 0. The van der Waals surface area contributed by atoms with Crippen LogP contribution in [0.2, 0.25) is 0 Å². The van der Waals surface area contributed by atoms with E-state index in [1.807, 2.05) is 0 Å². The molecule has 0 aromatic carbocycles. The highest BCUT2D eigenvalue weighted by atomic mass is 32.2. The largest absolute Gasteiger partial charge is 0.324 e. The average Bonchev–Trinajstić information content (AvgIpc) is 2.34. The minimum Gasteiger partial charge on any atom is -0.324 e. The Morgan fingerprint density at radius 1 is 1.56 bits per heavy atom. The van der Waals surface area contributed by atoms with E-state index < -0.39 is 15.6 Å². The van der Waals surface area contributed by atoms with Crippen molar-refractivity contribution in [1.29, 1.82) is 5.26 Å². The second-order valence-electron chi connectivity index (χ2n) is 4.50. The van der Waals surface area contributed by atoms with Crippen LogP contribution in [-0.2, 0) is 10.0 Å². The lowest BCUT2D eigenvalue weighted by atomic mass is 9.78. The maximum Gasteiger partial charge on any atom is 0.243 e. The molecular formula is C11H14N4O2S. The van der Waals surface area contributed by atoms with Gasteiger partial charge in [0, 0.05) is 18.3 Å². The number of aromatic nitrogens is 1. The summed E-state index contributed by atoms with van der Waals surface area (Å²) in [6, 6.07) is 4.61. The first kappa shape index (κ1) is 13.0. The Balaban J connectivity index is 2.18. The SMILES string of the molecule is N#Cc1ncccc1S(=O)(=O)NCC1(N)CCC1. The summed E-state index contributed by atoms with van der Waals surface area (Å²) in [7, 11) is -3.73. The molecule has 1 fully saturated rings. The van der Waals surface area contributed by atoms with Crippen LogP contribution in [0.5, 0.6) is 0 Å². The lowest BCUT2D eigenvalue weighted by Crippen LogP contribution is -2.54. The van der Waals surface area contributed by atoms with E-state index in [-0.39, 0.29) is 17.1 Å². The van der Waals surface area contributed by atoms with Crippen LogP contribution < -0.4 is 10.5 Å². The van der Waals surface area contributed by atoms with Gasteiger partial charge in [-0.3, -0.25) is 0 Å². The molecular weight excluding hydrogens is 252 g/mol. The third-order valence-corrected chi connectivity index (χ3v) is 4.56. The van der Waals surface area contributed by atoms with Crippen molar-refractivity contribution < 1.29 is 8.42 Å². The van der Waals surface area contributed by atoms with Gasteiger partial charge in [-0.25, -0.2) is 18.1 Å². The smallest absolute Gasteiger partial charge is 0.243 e. The average molecular weight is 266 g/mol. The molecule has 0 unspecified atom stereocenters. The molecule has 0 aliphatic heterocycles. The molecule has 96 valence electrons. The zero-order valence-electron chi connectivity index (χ0n) is 9.76. The van der Waals surface area contributed by atoms with Crippen molar-refractivity contribution in [2.24, 2.45) is 5.73 Å². The molecule has 6 nitrogen and oxygen atoms in total. The van der Waals surface area contributed by atoms with Gasteiger partial charge >= 0.3 is 0 Å². The van der Waals surface area contributed by atoms with E-state index in [1.54, 1.807) is 6.07 Å². The number of nitrogens with two attached hydrogens (primary N) is 1. The second-order valence-corrected chi connectivity index (χ2v) is 6.24. The fourth-order valence-electron chi connectivity index (χ4n) is 1.82. The van der Waals surface area contributed by atoms with Crippen molar-refractivity contribution in [2.75, 3.05) is 6.54 Å². The van der Waals surface area contributed by atoms with Gasteiger partial charge in [0.25, 0.3) is 0 Å². The van der Waals surface area contributed by atoms with E-state index >= 15 is 0 Å². The van der Waals surface area contributed by atoms with Crippen LogP contribution in [0.15, 0.2) is 23.2 Å². The maximum atomic E-state index is 12.0. The van der Waals surface area contributed by atoms with Crippen LogP contribution in [0.3, 0.4) is 0 Å².